The summed E-state index contributed by atoms with van der Waals surface area (Å²) in [6, 6.07) is 15.1. The molecule has 0 aliphatic rings. The Bertz CT molecular complexity index is 614. The summed E-state index contributed by atoms with van der Waals surface area (Å²) in [4.78, 5) is 10.3. The van der Waals surface area contributed by atoms with Crippen molar-refractivity contribution in [1.29, 1.82) is 0 Å². The van der Waals surface area contributed by atoms with Gasteiger partial charge in [-0.3, -0.25) is 10.1 Å². The lowest BCUT2D eigenvalue weighted by molar-refractivity contribution is -0.384. The van der Waals surface area contributed by atoms with Crippen LogP contribution in [0.4, 0.5) is 5.69 Å². The van der Waals surface area contributed by atoms with E-state index in [4.69, 9.17) is 0 Å². The van der Waals surface area contributed by atoms with Crippen molar-refractivity contribution >= 4 is 21.6 Å². The second-order valence-electron chi connectivity index (χ2n) is 4.79. The van der Waals surface area contributed by atoms with Crippen LogP contribution in [0.15, 0.2) is 53.0 Å². The average molecular weight is 349 g/mol. The molecule has 0 radical (unpaired) electrons. The maximum Gasteiger partial charge on any atom is 0.269 e. The molecule has 1 N–H and O–H groups in total. The molecule has 0 fully saturated rings. The first-order valence-electron chi connectivity index (χ1n) is 6.82. The number of nitrogens with zero attached hydrogens (tertiary/aromatic N) is 1. The number of benzene rings is 2. The van der Waals surface area contributed by atoms with E-state index in [1.54, 1.807) is 12.1 Å². The van der Waals surface area contributed by atoms with Crippen LogP contribution in [-0.2, 0) is 6.42 Å². The summed E-state index contributed by atoms with van der Waals surface area (Å²) in [7, 11) is 0. The Balaban J connectivity index is 2.17. The molecule has 5 heteroatoms. The zero-order valence-corrected chi connectivity index (χ0v) is 13.3. The van der Waals surface area contributed by atoms with Crippen LogP contribution in [0.1, 0.15) is 24.1 Å². The molecule has 1 unspecified atom stereocenters. The maximum atomic E-state index is 10.7. The third kappa shape index (κ3) is 4.37. The molecular formula is C16H17BrN2O2. The molecule has 0 aliphatic carbocycles. The minimum Gasteiger partial charge on any atom is -0.310 e. The SMILES string of the molecule is CCNC(Cc1ccc([N+](=O)[O-])cc1)c1cccc(Br)c1. The van der Waals surface area contributed by atoms with E-state index in [0.29, 0.717) is 0 Å². The highest BCUT2D eigenvalue weighted by Crippen LogP contribution is 2.23. The van der Waals surface area contributed by atoms with E-state index < -0.39 is 0 Å². The lowest BCUT2D eigenvalue weighted by atomic mass is 9.98. The van der Waals surface area contributed by atoms with Gasteiger partial charge in [-0.2, -0.15) is 0 Å². The van der Waals surface area contributed by atoms with E-state index in [0.717, 1.165) is 23.0 Å². The Hall–Kier alpha value is -1.72. The molecule has 0 aliphatic heterocycles. The summed E-state index contributed by atoms with van der Waals surface area (Å²) in [6.07, 6.45) is 0.794. The molecule has 0 bridgehead atoms. The van der Waals surface area contributed by atoms with Crippen molar-refractivity contribution in [2.45, 2.75) is 19.4 Å². The van der Waals surface area contributed by atoms with Crippen molar-refractivity contribution in [2.24, 2.45) is 0 Å². The van der Waals surface area contributed by atoms with E-state index in [1.165, 1.54) is 5.56 Å². The van der Waals surface area contributed by atoms with E-state index >= 15 is 0 Å². The van der Waals surface area contributed by atoms with Gasteiger partial charge in [0.25, 0.3) is 5.69 Å². The van der Waals surface area contributed by atoms with Crippen LogP contribution >= 0.6 is 15.9 Å². The molecule has 2 aromatic carbocycles. The summed E-state index contributed by atoms with van der Waals surface area (Å²) in [5.74, 6) is 0. The molecule has 1 atom stereocenters. The summed E-state index contributed by atoms with van der Waals surface area (Å²) in [5, 5.41) is 14.1. The fourth-order valence-electron chi connectivity index (χ4n) is 2.27. The van der Waals surface area contributed by atoms with Gasteiger partial charge < -0.3 is 5.32 Å². The molecule has 0 amide bonds. The lowest BCUT2D eigenvalue weighted by Crippen LogP contribution is -2.22. The third-order valence-corrected chi connectivity index (χ3v) is 3.78. The van der Waals surface area contributed by atoms with Crippen LogP contribution in [0.5, 0.6) is 0 Å². The number of non-ortho nitro benzene ring substituents is 1. The van der Waals surface area contributed by atoms with Crippen LogP contribution in [0.2, 0.25) is 0 Å². The number of halogens is 1. The summed E-state index contributed by atoms with van der Waals surface area (Å²) >= 11 is 3.49. The second-order valence-corrected chi connectivity index (χ2v) is 5.71. The van der Waals surface area contributed by atoms with Gasteiger partial charge in [0.05, 0.1) is 4.92 Å². The smallest absolute Gasteiger partial charge is 0.269 e. The quantitative estimate of drug-likeness (QED) is 0.627. The number of nitro groups is 1. The zero-order chi connectivity index (χ0) is 15.2. The Kier molecular flexibility index (Phi) is 5.47. The van der Waals surface area contributed by atoms with Crippen molar-refractivity contribution in [3.05, 3.63) is 74.2 Å². The highest BCUT2D eigenvalue weighted by Gasteiger charge is 2.12. The van der Waals surface area contributed by atoms with Crippen molar-refractivity contribution in [3.63, 3.8) is 0 Å². The molecule has 0 spiro atoms. The number of nitro benzene ring substituents is 1. The maximum absolute atomic E-state index is 10.7. The molecule has 110 valence electrons. The average Bonchev–Trinajstić information content (AvgIpc) is 2.47. The van der Waals surface area contributed by atoms with Crippen LogP contribution in [0, 0.1) is 10.1 Å². The van der Waals surface area contributed by atoms with Crippen LogP contribution < -0.4 is 5.32 Å². The summed E-state index contributed by atoms with van der Waals surface area (Å²) in [6.45, 7) is 2.94. The van der Waals surface area contributed by atoms with Crippen LogP contribution in [0.25, 0.3) is 0 Å². The van der Waals surface area contributed by atoms with Crippen molar-refractivity contribution in [1.82, 2.24) is 5.32 Å². The predicted octanol–water partition coefficient (Wildman–Crippen LogP) is 4.25. The predicted molar refractivity (Wildman–Crippen MR) is 87.4 cm³/mol. The molecule has 2 aromatic rings. The Morgan fingerprint density at radius 3 is 2.52 bits per heavy atom. The van der Waals surface area contributed by atoms with Crippen molar-refractivity contribution < 1.29 is 4.92 Å². The van der Waals surface area contributed by atoms with Gasteiger partial charge >= 0.3 is 0 Å². The number of nitrogens with one attached hydrogen (secondary N) is 1. The molecule has 0 saturated heterocycles. The Morgan fingerprint density at radius 1 is 1.24 bits per heavy atom. The molecular weight excluding hydrogens is 332 g/mol. The lowest BCUT2D eigenvalue weighted by Gasteiger charge is -2.18. The zero-order valence-electron chi connectivity index (χ0n) is 11.8. The van der Waals surface area contributed by atoms with Gasteiger partial charge in [0.2, 0.25) is 0 Å². The van der Waals surface area contributed by atoms with Gasteiger partial charge in [-0.25, -0.2) is 0 Å². The standard InChI is InChI=1S/C16H17BrN2O2/c1-2-18-16(13-4-3-5-14(17)11-13)10-12-6-8-15(9-7-12)19(20)21/h3-9,11,16,18H,2,10H2,1H3. The molecule has 2 rings (SSSR count). The molecule has 0 heterocycles. The number of rotatable bonds is 6. The van der Waals surface area contributed by atoms with E-state index in [-0.39, 0.29) is 16.7 Å². The summed E-state index contributed by atoms with van der Waals surface area (Å²) < 4.78 is 1.05. The summed E-state index contributed by atoms with van der Waals surface area (Å²) in [5.41, 5.74) is 2.40. The first-order valence-corrected chi connectivity index (χ1v) is 7.61. The molecule has 0 saturated carbocycles. The molecule has 0 aromatic heterocycles. The first-order chi connectivity index (χ1) is 10.1. The van der Waals surface area contributed by atoms with Crippen LogP contribution in [0.3, 0.4) is 0 Å². The highest BCUT2D eigenvalue weighted by atomic mass is 79.9. The fraction of sp³-hybridized carbons (Fsp3) is 0.250. The van der Waals surface area contributed by atoms with Gasteiger partial charge in [0.1, 0.15) is 0 Å². The highest BCUT2D eigenvalue weighted by molar-refractivity contribution is 9.10. The van der Waals surface area contributed by atoms with E-state index in [1.807, 2.05) is 24.3 Å². The van der Waals surface area contributed by atoms with Crippen molar-refractivity contribution in [3.8, 4) is 0 Å². The third-order valence-electron chi connectivity index (χ3n) is 3.29. The van der Waals surface area contributed by atoms with Gasteiger partial charge in [0, 0.05) is 22.6 Å². The monoisotopic (exact) mass is 348 g/mol. The molecule has 4 nitrogen and oxygen atoms in total. The topological polar surface area (TPSA) is 55.2 Å². The number of hydrogen-bond acceptors (Lipinski definition) is 3. The number of hydrogen-bond donors (Lipinski definition) is 1. The fourth-order valence-corrected chi connectivity index (χ4v) is 2.68. The minimum absolute atomic E-state index is 0.126. The van der Waals surface area contributed by atoms with E-state index in [9.17, 15) is 10.1 Å². The van der Waals surface area contributed by atoms with Gasteiger partial charge in [-0.1, -0.05) is 47.1 Å². The first kappa shape index (κ1) is 15.7. The molecule has 21 heavy (non-hydrogen) atoms. The van der Waals surface area contributed by atoms with Gasteiger partial charge in [0.15, 0.2) is 0 Å². The Labute approximate surface area is 132 Å². The second kappa shape index (κ2) is 7.33. The Morgan fingerprint density at radius 2 is 1.95 bits per heavy atom. The van der Waals surface area contributed by atoms with Crippen LogP contribution in [-0.4, -0.2) is 11.5 Å². The number of likely N-dealkylation sites (N-methyl/N-ethyl adjacent to an activating group) is 1. The largest absolute Gasteiger partial charge is 0.310 e. The van der Waals surface area contributed by atoms with Crippen molar-refractivity contribution in [2.75, 3.05) is 6.54 Å². The minimum atomic E-state index is -0.375. The normalized spacial score (nSPS) is 12.1. The van der Waals surface area contributed by atoms with E-state index in [2.05, 4.69) is 40.3 Å². The van der Waals surface area contributed by atoms with Gasteiger partial charge in [-0.05, 0) is 36.2 Å². The van der Waals surface area contributed by atoms with Gasteiger partial charge in [-0.15, -0.1) is 0 Å².